The summed E-state index contributed by atoms with van der Waals surface area (Å²) in [6.45, 7) is 8.17. The summed E-state index contributed by atoms with van der Waals surface area (Å²) >= 11 is 0. The van der Waals surface area contributed by atoms with Crippen LogP contribution in [0.25, 0.3) is 0 Å². The Labute approximate surface area is 149 Å². The summed E-state index contributed by atoms with van der Waals surface area (Å²) in [6, 6.07) is 11.0. The maximum atomic E-state index is 12.3. The average Bonchev–Trinajstić information content (AvgIpc) is 2.58. The second-order valence-electron chi connectivity index (χ2n) is 6.65. The summed E-state index contributed by atoms with van der Waals surface area (Å²) < 4.78 is 0. The molecule has 0 aliphatic rings. The molecule has 0 radical (unpaired) electrons. The fourth-order valence-corrected chi connectivity index (χ4v) is 2.83. The van der Waals surface area contributed by atoms with Crippen LogP contribution in [0.4, 0.5) is 4.79 Å². The normalized spacial score (nSPS) is 13.4. The summed E-state index contributed by atoms with van der Waals surface area (Å²) in [4.78, 5) is 16.7. The van der Waals surface area contributed by atoms with E-state index in [1.165, 1.54) is 0 Å². The van der Waals surface area contributed by atoms with E-state index in [1.807, 2.05) is 64.1 Å². The first-order valence-corrected chi connectivity index (χ1v) is 8.59. The van der Waals surface area contributed by atoms with E-state index >= 15 is 0 Å². The molecule has 0 spiro atoms. The molecule has 0 aliphatic heterocycles. The van der Waals surface area contributed by atoms with Crippen molar-refractivity contribution >= 4 is 6.03 Å². The zero-order valence-electron chi connectivity index (χ0n) is 15.3. The van der Waals surface area contributed by atoms with Gasteiger partial charge in [-0.3, -0.25) is 4.98 Å². The van der Waals surface area contributed by atoms with Crippen LogP contribution in [-0.4, -0.2) is 22.7 Å². The number of pyridine rings is 1. The number of aromatic nitrogens is 1. The van der Waals surface area contributed by atoms with Gasteiger partial charge in [-0.2, -0.15) is 0 Å². The molecule has 1 aromatic carbocycles. The SMILES string of the molecule is Cc1ccccc1C(O)CNC(=O)NC(c1ncccc1C)C(C)C. The second-order valence-corrected chi connectivity index (χ2v) is 6.65. The molecule has 3 N–H and O–H groups in total. The number of nitrogens with one attached hydrogen (secondary N) is 2. The van der Waals surface area contributed by atoms with E-state index in [1.54, 1.807) is 6.20 Å². The summed E-state index contributed by atoms with van der Waals surface area (Å²) in [5.74, 6) is 0.195. The topological polar surface area (TPSA) is 74.2 Å². The molecule has 1 aromatic heterocycles. The first kappa shape index (κ1) is 18.9. The van der Waals surface area contributed by atoms with Crippen LogP contribution in [0.2, 0.25) is 0 Å². The monoisotopic (exact) mass is 341 g/mol. The van der Waals surface area contributed by atoms with Crippen molar-refractivity contribution in [2.75, 3.05) is 6.54 Å². The second kappa shape index (κ2) is 8.62. The number of aryl methyl sites for hydroxylation is 2. The minimum Gasteiger partial charge on any atom is -0.387 e. The Morgan fingerprint density at radius 2 is 1.80 bits per heavy atom. The van der Waals surface area contributed by atoms with Gasteiger partial charge in [0, 0.05) is 12.7 Å². The van der Waals surface area contributed by atoms with Crippen LogP contribution >= 0.6 is 0 Å². The van der Waals surface area contributed by atoms with E-state index in [9.17, 15) is 9.90 Å². The molecule has 0 bridgehead atoms. The van der Waals surface area contributed by atoms with E-state index in [0.717, 1.165) is 22.4 Å². The van der Waals surface area contributed by atoms with Crippen LogP contribution in [-0.2, 0) is 0 Å². The molecular weight excluding hydrogens is 314 g/mol. The van der Waals surface area contributed by atoms with Crippen LogP contribution in [0.15, 0.2) is 42.6 Å². The molecule has 134 valence electrons. The number of benzene rings is 1. The van der Waals surface area contributed by atoms with Gasteiger partial charge in [0.2, 0.25) is 0 Å². The third-order valence-corrected chi connectivity index (χ3v) is 4.30. The van der Waals surface area contributed by atoms with Crippen molar-refractivity contribution in [1.29, 1.82) is 0 Å². The number of aliphatic hydroxyl groups is 1. The van der Waals surface area contributed by atoms with E-state index in [4.69, 9.17) is 0 Å². The average molecular weight is 341 g/mol. The van der Waals surface area contributed by atoms with Gasteiger partial charge >= 0.3 is 6.03 Å². The number of hydrogen-bond donors (Lipinski definition) is 3. The molecule has 2 aromatic rings. The van der Waals surface area contributed by atoms with Gasteiger partial charge in [-0.1, -0.05) is 44.2 Å². The Morgan fingerprint density at radius 1 is 1.12 bits per heavy atom. The standard InChI is InChI=1S/C20H27N3O2/c1-13(2)18(19-15(4)9-7-11-21-19)23-20(25)22-12-17(24)16-10-6-5-8-14(16)3/h5-11,13,17-18,24H,12H2,1-4H3,(H2,22,23,25). The van der Waals surface area contributed by atoms with Crippen molar-refractivity contribution in [3.05, 3.63) is 65.0 Å². The number of rotatable bonds is 6. The van der Waals surface area contributed by atoms with Crippen LogP contribution in [0.3, 0.4) is 0 Å². The number of aliphatic hydroxyl groups excluding tert-OH is 1. The number of urea groups is 1. The molecule has 2 atom stereocenters. The lowest BCUT2D eigenvalue weighted by atomic mass is 9.97. The molecule has 0 saturated carbocycles. The van der Waals surface area contributed by atoms with Gasteiger partial charge in [-0.05, 0) is 42.5 Å². The Morgan fingerprint density at radius 3 is 2.44 bits per heavy atom. The smallest absolute Gasteiger partial charge is 0.315 e. The van der Waals surface area contributed by atoms with Gasteiger partial charge in [-0.15, -0.1) is 0 Å². The number of hydrogen-bond acceptors (Lipinski definition) is 3. The summed E-state index contributed by atoms with van der Waals surface area (Å²) in [5, 5.41) is 16.0. The van der Waals surface area contributed by atoms with Crippen molar-refractivity contribution < 1.29 is 9.90 Å². The number of carbonyl (C=O) groups excluding carboxylic acids is 1. The molecule has 0 saturated heterocycles. The van der Waals surface area contributed by atoms with E-state index in [0.29, 0.717) is 0 Å². The van der Waals surface area contributed by atoms with Gasteiger partial charge in [-0.25, -0.2) is 4.79 Å². The molecule has 5 heteroatoms. The highest BCUT2D eigenvalue weighted by Crippen LogP contribution is 2.22. The zero-order chi connectivity index (χ0) is 18.4. The number of amides is 2. The van der Waals surface area contributed by atoms with Crippen molar-refractivity contribution in [2.24, 2.45) is 5.92 Å². The highest BCUT2D eigenvalue weighted by Gasteiger charge is 2.21. The third kappa shape index (κ3) is 5.03. The molecule has 2 amide bonds. The maximum Gasteiger partial charge on any atom is 0.315 e. The van der Waals surface area contributed by atoms with Crippen LogP contribution in [0.1, 0.15) is 48.4 Å². The Hall–Kier alpha value is -2.40. The molecule has 0 aliphatic carbocycles. The molecule has 0 fully saturated rings. The Bertz CT molecular complexity index is 716. The summed E-state index contributed by atoms with van der Waals surface area (Å²) in [7, 11) is 0. The van der Waals surface area contributed by atoms with E-state index in [-0.39, 0.29) is 24.5 Å². The lowest BCUT2D eigenvalue weighted by Gasteiger charge is -2.24. The highest BCUT2D eigenvalue weighted by atomic mass is 16.3. The van der Waals surface area contributed by atoms with Crippen molar-refractivity contribution in [2.45, 2.75) is 39.8 Å². The first-order chi connectivity index (χ1) is 11.9. The van der Waals surface area contributed by atoms with E-state index < -0.39 is 6.10 Å². The van der Waals surface area contributed by atoms with Gasteiger partial charge in [0.25, 0.3) is 0 Å². The van der Waals surface area contributed by atoms with Gasteiger partial charge in [0.1, 0.15) is 0 Å². The van der Waals surface area contributed by atoms with Crippen LogP contribution in [0, 0.1) is 19.8 Å². The Kier molecular flexibility index (Phi) is 6.53. The molecule has 5 nitrogen and oxygen atoms in total. The summed E-state index contributed by atoms with van der Waals surface area (Å²) in [6.07, 6.45) is 1.00. The number of carbonyl (C=O) groups is 1. The minimum absolute atomic E-state index is 0.155. The predicted molar refractivity (Wildman–Crippen MR) is 99.2 cm³/mol. The maximum absolute atomic E-state index is 12.3. The van der Waals surface area contributed by atoms with Gasteiger partial charge in [0.15, 0.2) is 0 Å². The lowest BCUT2D eigenvalue weighted by Crippen LogP contribution is -2.41. The minimum atomic E-state index is -0.735. The number of nitrogens with zero attached hydrogens (tertiary/aromatic N) is 1. The molecule has 25 heavy (non-hydrogen) atoms. The third-order valence-electron chi connectivity index (χ3n) is 4.30. The van der Waals surface area contributed by atoms with Crippen LogP contribution in [0.5, 0.6) is 0 Å². The zero-order valence-corrected chi connectivity index (χ0v) is 15.3. The fourth-order valence-electron chi connectivity index (χ4n) is 2.83. The largest absolute Gasteiger partial charge is 0.387 e. The van der Waals surface area contributed by atoms with Gasteiger partial charge < -0.3 is 15.7 Å². The van der Waals surface area contributed by atoms with E-state index in [2.05, 4.69) is 15.6 Å². The highest BCUT2D eigenvalue weighted by molar-refractivity contribution is 5.74. The summed E-state index contributed by atoms with van der Waals surface area (Å²) in [5.41, 5.74) is 3.73. The van der Waals surface area contributed by atoms with Crippen molar-refractivity contribution in [3.8, 4) is 0 Å². The molecule has 1 heterocycles. The molecule has 2 rings (SSSR count). The van der Waals surface area contributed by atoms with Gasteiger partial charge in [0.05, 0.1) is 17.8 Å². The first-order valence-electron chi connectivity index (χ1n) is 8.59. The molecule has 2 unspecified atom stereocenters. The quantitative estimate of drug-likeness (QED) is 0.753. The Balaban J connectivity index is 1.98. The van der Waals surface area contributed by atoms with Crippen molar-refractivity contribution in [3.63, 3.8) is 0 Å². The lowest BCUT2D eigenvalue weighted by molar-refractivity contribution is 0.171. The van der Waals surface area contributed by atoms with Crippen LogP contribution < -0.4 is 10.6 Å². The fraction of sp³-hybridized carbons (Fsp3) is 0.400. The van der Waals surface area contributed by atoms with Crippen molar-refractivity contribution in [1.82, 2.24) is 15.6 Å². The molecular formula is C20H27N3O2. The predicted octanol–water partition coefficient (Wildman–Crippen LogP) is 3.43.